The molecule has 1 aromatic carbocycles. The minimum Gasteiger partial charge on any atom is -0.508 e. The number of rotatable bonds is 3. The lowest BCUT2D eigenvalue weighted by Gasteiger charge is -2.40. The maximum Gasteiger partial charge on any atom is 0.120 e. The van der Waals surface area contributed by atoms with Crippen LogP contribution in [0.3, 0.4) is 0 Å². The minimum absolute atomic E-state index is 0.0362. The Morgan fingerprint density at radius 3 is 2.52 bits per heavy atom. The minimum atomic E-state index is 0.0362. The number of nitrogens with one attached hydrogen (secondary N) is 1. The summed E-state index contributed by atoms with van der Waals surface area (Å²) in [6.07, 6.45) is 3.84. The molecule has 4 unspecified atom stereocenters. The standard InChI is InChI=1S/C18H27NO2/c1-11(14-10-13(20)5-6-15(14)21)19-16-9-12-7-8-18(16,4)17(12,2)3/h5-6,10-12,16,19-21H,7-9H2,1-4H3. The van der Waals surface area contributed by atoms with Crippen LogP contribution in [0.15, 0.2) is 18.2 Å². The first kappa shape index (κ1) is 14.7. The molecule has 0 saturated heterocycles. The van der Waals surface area contributed by atoms with E-state index in [1.54, 1.807) is 12.1 Å². The maximum absolute atomic E-state index is 10.0. The van der Waals surface area contributed by atoms with Gasteiger partial charge in [0.05, 0.1) is 0 Å². The van der Waals surface area contributed by atoms with Gasteiger partial charge in [-0.1, -0.05) is 20.8 Å². The van der Waals surface area contributed by atoms with Crippen molar-refractivity contribution in [2.24, 2.45) is 16.7 Å². The van der Waals surface area contributed by atoms with Gasteiger partial charge in [-0.25, -0.2) is 0 Å². The van der Waals surface area contributed by atoms with Crippen LogP contribution in [0.25, 0.3) is 0 Å². The van der Waals surface area contributed by atoms with Crippen LogP contribution >= 0.6 is 0 Å². The fourth-order valence-corrected chi connectivity index (χ4v) is 4.74. The first-order valence-corrected chi connectivity index (χ1v) is 8.03. The smallest absolute Gasteiger partial charge is 0.120 e. The molecule has 0 amide bonds. The van der Waals surface area contributed by atoms with Crippen molar-refractivity contribution in [1.29, 1.82) is 0 Å². The molecule has 0 aliphatic heterocycles. The van der Waals surface area contributed by atoms with Crippen molar-refractivity contribution in [3.63, 3.8) is 0 Å². The van der Waals surface area contributed by atoms with Gasteiger partial charge in [0.1, 0.15) is 11.5 Å². The molecule has 2 saturated carbocycles. The monoisotopic (exact) mass is 289 g/mol. The van der Waals surface area contributed by atoms with Crippen LogP contribution in [-0.2, 0) is 0 Å². The van der Waals surface area contributed by atoms with Gasteiger partial charge in [0.2, 0.25) is 0 Å². The van der Waals surface area contributed by atoms with Crippen molar-refractivity contribution in [3.05, 3.63) is 23.8 Å². The summed E-state index contributed by atoms with van der Waals surface area (Å²) in [5, 5.41) is 23.4. The highest BCUT2D eigenvalue weighted by molar-refractivity contribution is 5.40. The third-order valence-corrected chi connectivity index (χ3v) is 6.72. The van der Waals surface area contributed by atoms with E-state index in [0.29, 0.717) is 16.9 Å². The van der Waals surface area contributed by atoms with Gasteiger partial charge in [-0.05, 0) is 61.1 Å². The number of fused-ring (bicyclic) bond motifs is 2. The highest BCUT2D eigenvalue weighted by Gasteiger charge is 2.61. The number of phenolic OH excluding ortho intramolecular Hbond substituents is 2. The van der Waals surface area contributed by atoms with Gasteiger partial charge in [0.15, 0.2) is 0 Å². The van der Waals surface area contributed by atoms with E-state index < -0.39 is 0 Å². The first-order valence-electron chi connectivity index (χ1n) is 8.03. The zero-order chi connectivity index (χ0) is 15.4. The van der Waals surface area contributed by atoms with Crippen LogP contribution in [0, 0.1) is 16.7 Å². The molecule has 3 heteroatoms. The molecule has 3 rings (SSSR count). The van der Waals surface area contributed by atoms with E-state index in [0.717, 1.165) is 11.5 Å². The van der Waals surface area contributed by atoms with Crippen molar-refractivity contribution >= 4 is 0 Å². The van der Waals surface area contributed by atoms with Gasteiger partial charge in [0.25, 0.3) is 0 Å². The van der Waals surface area contributed by atoms with Crippen molar-refractivity contribution in [1.82, 2.24) is 5.32 Å². The average molecular weight is 289 g/mol. The molecule has 2 aliphatic rings. The maximum atomic E-state index is 10.0. The molecule has 116 valence electrons. The van der Waals surface area contributed by atoms with Crippen LogP contribution < -0.4 is 5.32 Å². The van der Waals surface area contributed by atoms with E-state index in [2.05, 4.69) is 33.0 Å². The molecule has 2 bridgehead atoms. The Morgan fingerprint density at radius 1 is 1.24 bits per heavy atom. The van der Waals surface area contributed by atoms with Gasteiger partial charge < -0.3 is 15.5 Å². The van der Waals surface area contributed by atoms with Crippen molar-refractivity contribution < 1.29 is 10.2 Å². The summed E-state index contributed by atoms with van der Waals surface area (Å²) < 4.78 is 0. The second kappa shape index (κ2) is 4.64. The molecule has 2 fully saturated rings. The van der Waals surface area contributed by atoms with E-state index in [4.69, 9.17) is 0 Å². The third kappa shape index (κ3) is 2.05. The lowest BCUT2D eigenvalue weighted by Crippen LogP contribution is -2.45. The summed E-state index contributed by atoms with van der Waals surface area (Å²) in [5.41, 5.74) is 1.48. The predicted molar refractivity (Wildman–Crippen MR) is 84.3 cm³/mol. The quantitative estimate of drug-likeness (QED) is 0.738. The Labute approximate surface area is 127 Å². The highest BCUT2D eigenvalue weighted by Crippen LogP contribution is 2.65. The fourth-order valence-electron chi connectivity index (χ4n) is 4.74. The summed E-state index contributed by atoms with van der Waals surface area (Å²) in [7, 11) is 0. The molecule has 3 nitrogen and oxygen atoms in total. The molecular formula is C18H27NO2. The first-order chi connectivity index (χ1) is 9.75. The van der Waals surface area contributed by atoms with Crippen molar-refractivity contribution in [2.45, 2.75) is 59.0 Å². The van der Waals surface area contributed by atoms with Gasteiger partial charge in [-0.2, -0.15) is 0 Å². The molecule has 0 radical (unpaired) electrons. The highest BCUT2D eigenvalue weighted by atomic mass is 16.3. The SMILES string of the molecule is CC(NC1CC2CCC1(C)C2(C)C)c1cc(O)ccc1O. The molecule has 3 N–H and O–H groups in total. The second-order valence-corrected chi connectivity index (χ2v) is 7.79. The van der Waals surface area contributed by atoms with Gasteiger partial charge in [-0.15, -0.1) is 0 Å². The second-order valence-electron chi connectivity index (χ2n) is 7.79. The van der Waals surface area contributed by atoms with E-state index in [-0.39, 0.29) is 17.5 Å². The fraction of sp³-hybridized carbons (Fsp3) is 0.667. The van der Waals surface area contributed by atoms with Crippen LogP contribution in [0.2, 0.25) is 0 Å². The summed E-state index contributed by atoms with van der Waals surface area (Å²) in [4.78, 5) is 0. The molecule has 0 spiro atoms. The number of phenols is 2. The molecule has 2 aliphatic carbocycles. The Balaban J connectivity index is 1.80. The molecular weight excluding hydrogens is 262 g/mol. The molecule has 4 atom stereocenters. The predicted octanol–water partition coefficient (Wildman–Crippen LogP) is 3.96. The lowest BCUT2D eigenvalue weighted by molar-refractivity contribution is 0.116. The van der Waals surface area contributed by atoms with Gasteiger partial charge in [-0.3, -0.25) is 0 Å². The molecule has 0 aromatic heterocycles. The molecule has 0 heterocycles. The Hall–Kier alpha value is -1.22. The number of aromatic hydroxyl groups is 2. The largest absolute Gasteiger partial charge is 0.508 e. The van der Waals surface area contributed by atoms with E-state index in [1.807, 2.05) is 0 Å². The zero-order valence-corrected chi connectivity index (χ0v) is 13.5. The van der Waals surface area contributed by atoms with Gasteiger partial charge in [0, 0.05) is 17.6 Å². The Bertz CT molecular complexity index is 554. The van der Waals surface area contributed by atoms with E-state index in [9.17, 15) is 10.2 Å². The van der Waals surface area contributed by atoms with Crippen LogP contribution in [0.5, 0.6) is 11.5 Å². The molecule has 21 heavy (non-hydrogen) atoms. The molecule has 1 aromatic rings. The zero-order valence-electron chi connectivity index (χ0n) is 13.5. The van der Waals surface area contributed by atoms with Crippen LogP contribution in [-0.4, -0.2) is 16.3 Å². The van der Waals surface area contributed by atoms with E-state index >= 15 is 0 Å². The van der Waals surface area contributed by atoms with E-state index in [1.165, 1.54) is 25.3 Å². The summed E-state index contributed by atoms with van der Waals surface area (Å²) in [6, 6.07) is 5.26. The van der Waals surface area contributed by atoms with Crippen LogP contribution in [0.1, 0.15) is 58.6 Å². The Kier molecular flexibility index (Phi) is 3.25. The van der Waals surface area contributed by atoms with Crippen molar-refractivity contribution in [3.8, 4) is 11.5 Å². The third-order valence-electron chi connectivity index (χ3n) is 6.72. The number of benzene rings is 1. The summed E-state index contributed by atoms with van der Waals surface area (Å²) in [6.45, 7) is 9.29. The van der Waals surface area contributed by atoms with Gasteiger partial charge >= 0.3 is 0 Å². The lowest BCUT2D eigenvalue weighted by atomic mass is 9.69. The number of hydrogen-bond acceptors (Lipinski definition) is 3. The Morgan fingerprint density at radius 2 is 1.95 bits per heavy atom. The topological polar surface area (TPSA) is 52.5 Å². The summed E-state index contributed by atoms with van der Waals surface area (Å²) >= 11 is 0. The summed E-state index contributed by atoms with van der Waals surface area (Å²) in [5.74, 6) is 1.25. The van der Waals surface area contributed by atoms with Crippen LogP contribution in [0.4, 0.5) is 0 Å². The normalized spacial score (nSPS) is 35.0. The number of hydrogen-bond donors (Lipinski definition) is 3. The van der Waals surface area contributed by atoms with Crippen molar-refractivity contribution in [2.75, 3.05) is 0 Å². The average Bonchev–Trinajstić information content (AvgIpc) is 2.74.